The fourth-order valence-electron chi connectivity index (χ4n) is 1.97. The molecule has 0 heterocycles. The van der Waals surface area contributed by atoms with Gasteiger partial charge in [0.15, 0.2) is 0 Å². The molecule has 0 atom stereocenters. The van der Waals surface area contributed by atoms with Gasteiger partial charge < -0.3 is 5.32 Å². The molecular weight excluding hydrogens is 215 g/mol. The molecule has 1 nitrogen and oxygen atoms in total. The summed E-state index contributed by atoms with van der Waals surface area (Å²) in [5.41, 5.74) is 0.789. The van der Waals surface area contributed by atoms with Crippen LogP contribution in [0.5, 0.6) is 0 Å². The minimum absolute atomic E-state index is 0.0636. The van der Waals surface area contributed by atoms with Gasteiger partial charge in [-0.1, -0.05) is 0 Å². The van der Waals surface area contributed by atoms with E-state index in [4.69, 9.17) is 0 Å². The predicted molar refractivity (Wildman–Crippen MR) is 57.2 cm³/mol. The number of hydrogen-bond donors (Lipinski definition) is 1. The van der Waals surface area contributed by atoms with E-state index in [1.807, 2.05) is 0 Å². The van der Waals surface area contributed by atoms with Crippen LogP contribution < -0.4 is 5.32 Å². The number of nitrogens with one attached hydrogen (secondary N) is 1. The van der Waals surface area contributed by atoms with Crippen LogP contribution in [0, 0.1) is 5.82 Å². The van der Waals surface area contributed by atoms with E-state index in [9.17, 15) is 13.2 Å². The minimum Gasteiger partial charge on any atom is -0.382 e. The van der Waals surface area contributed by atoms with Crippen LogP contribution >= 0.6 is 0 Å². The molecule has 0 amide bonds. The average Bonchev–Trinajstić information content (AvgIpc) is 2.24. The number of hydrogen-bond acceptors (Lipinski definition) is 1. The van der Waals surface area contributed by atoms with Gasteiger partial charge in [-0.15, -0.1) is 0 Å². The van der Waals surface area contributed by atoms with E-state index in [2.05, 4.69) is 5.32 Å². The van der Waals surface area contributed by atoms with E-state index in [1.165, 1.54) is 12.1 Å². The highest BCUT2D eigenvalue weighted by Gasteiger charge is 2.34. The molecule has 1 aliphatic carbocycles. The smallest absolute Gasteiger partial charge is 0.248 e. The Morgan fingerprint density at radius 2 is 1.62 bits per heavy atom. The molecule has 2 rings (SSSR count). The van der Waals surface area contributed by atoms with Crippen LogP contribution in [-0.4, -0.2) is 12.0 Å². The largest absolute Gasteiger partial charge is 0.382 e. The summed E-state index contributed by atoms with van der Waals surface area (Å²) in [5, 5.41) is 3.15. The summed E-state index contributed by atoms with van der Waals surface area (Å²) in [6, 6.07) is 6.05. The highest BCUT2D eigenvalue weighted by Crippen LogP contribution is 2.34. The lowest BCUT2D eigenvalue weighted by Gasteiger charge is -2.29. The average molecular weight is 229 g/mol. The molecule has 1 fully saturated rings. The highest BCUT2D eigenvalue weighted by molar-refractivity contribution is 5.43. The van der Waals surface area contributed by atoms with Crippen LogP contribution in [0.15, 0.2) is 24.3 Å². The van der Waals surface area contributed by atoms with Crippen molar-refractivity contribution in [1.82, 2.24) is 0 Å². The molecule has 1 N–H and O–H groups in total. The lowest BCUT2D eigenvalue weighted by molar-refractivity contribution is -0.0360. The Hall–Kier alpha value is -1.19. The van der Waals surface area contributed by atoms with E-state index in [-0.39, 0.29) is 24.7 Å². The van der Waals surface area contributed by atoms with Gasteiger partial charge in [0, 0.05) is 24.6 Å². The number of rotatable bonds is 2. The Balaban J connectivity index is 1.89. The Morgan fingerprint density at radius 3 is 2.19 bits per heavy atom. The number of halogens is 3. The van der Waals surface area contributed by atoms with Crippen molar-refractivity contribution >= 4 is 5.69 Å². The third-order valence-corrected chi connectivity index (χ3v) is 2.93. The van der Waals surface area contributed by atoms with Gasteiger partial charge in [-0.25, -0.2) is 13.2 Å². The summed E-state index contributed by atoms with van der Waals surface area (Å²) in [6.07, 6.45) is 0.798. The second-order valence-electron chi connectivity index (χ2n) is 4.28. The first kappa shape index (κ1) is 11.3. The van der Waals surface area contributed by atoms with Crippen LogP contribution in [0.1, 0.15) is 25.7 Å². The Morgan fingerprint density at radius 1 is 1.06 bits per heavy atom. The quantitative estimate of drug-likeness (QED) is 0.813. The van der Waals surface area contributed by atoms with Crippen molar-refractivity contribution in [3.8, 4) is 0 Å². The third kappa shape index (κ3) is 2.90. The van der Waals surface area contributed by atoms with Crippen molar-refractivity contribution in [1.29, 1.82) is 0 Å². The first-order chi connectivity index (χ1) is 7.55. The van der Waals surface area contributed by atoms with Gasteiger partial charge >= 0.3 is 0 Å². The molecule has 0 unspecified atom stereocenters. The van der Waals surface area contributed by atoms with Crippen molar-refractivity contribution in [2.45, 2.75) is 37.6 Å². The van der Waals surface area contributed by atoms with Crippen molar-refractivity contribution in [3.05, 3.63) is 30.1 Å². The summed E-state index contributed by atoms with van der Waals surface area (Å²) >= 11 is 0. The Labute approximate surface area is 92.7 Å². The van der Waals surface area contributed by atoms with Crippen LogP contribution in [-0.2, 0) is 0 Å². The highest BCUT2D eigenvalue weighted by atomic mass is 19.3. The monoisotopic (exact) mass is 229 g/mol. The Kier molecular flexibility index (Phi) is 3.08. The van der Waals surface area contributed by atoms with Crippen LogP contribution in [0.3, 0.4) is 0 Å². The molecule has 1 saturated carbocycles. The van der Waals surface area contributed by atoms with Gasteiger partial charge in [0.1, 0.15) is 5.82 Å². The van der Waals surface area contributed by atoms with Crippen LogP contribution in [0.4, 0.5) is 18.9 Å². The van der Waals surface area contributed by atoms with Crippen molar-refractivity contribution in [3.63, 3.8) is 0 Å². The fourth-order valence-corrected chi connectivity index (χ4v) is 1.97. The van der Waals surface area contributed by atoms with Crippen molar-refractivity contribution in [2.24, 2.45) is 0 Å². The molecule has 0 bridgehead atoms. The number of benzene rings is 1. The summed E-state index contributed by atoms with van der Waals surface area (Å²) in [4.78, 5) is 0. The predicted octanol–water partition coefficient (Wildman–Crippen LogP) is 3.82. The Bertz CT molecular complexity index is 338. The zero-order valence-corrected chi connectivity index (χ0v) is 8.85. The van der Waals surface area contributed by atoms with Gasteiger partial charge in [0.05, 0.1) is 0 Å². The maximum absolute atomic E-state index is 12.9. The molecule has 88 valence electrons. The third-order valence-electron chi connectivity index (χ3n) is 2.93. The maximum Gasteiger partial charge on any atom is 0.248 e. The van der Waals surface area contributed by atoms with Crippen LogP contribution in [0.2, 0.25) is 0 Å². The number of alkyl halides is 2. The van der Waals surface area contributed by atoms with Gasteiger partial charge in [-0.2, -0.15) is 0 Å². The lowest BCUT2D eigenvalue weighted by atomic mass is 9.92. The van der Waals surface area contributed by atoms with Crippen LogP contribution in [0.25, 0.3) is 0 Å². The second-order valence-corrected chi connectivity index (χ2v) is 4.28. The summed E-state index contributed by atoms with van der Waals surface area (Å²) < 4.78 is 38.4. The normalized spacial score (nSPS) is 20.7. The van der Waals surface area contributed by atoms with E-state index >= 15 is 0 Å². The lowest BCUT2D eigenvalue weighted by Crippen LogP contribution is -2.31. The molecule has 1 aromatic rings. The first-order valence-corrected chi connectivity index (χ1v) is 5.45. The van der Waals surface area contributed by atoms with E-state index < -0.39 is 5.92 Å². The topological polar surface area (TPSA) is 12.0 Å². The zero-order chi connectivity index (χ0) is 11.6. The summed E-state index contributed by atoms with van der Waals surface area (Å²) in [7, 11) is 0. The second kappa shape index (κ2) is 4.36. The molecule has 1 aromatic carbocycles. The summed E-state index contributed by atoms with van der Waals surface area (Å²) in [5.74, 6) is -2.79. The molecule has 0 spiro atoms. The molecule has 16 heavy (non-hydrogen) atoms. The number of anilines is 1. The van der Waals surface area contributed by atoms with Gasteiger partial charge in [0.25, 0.3) is 0 Å². The van der Waals surface area contributed by atoms with E-state index in [1.54, 1.807) is 12.1 Å². The van der Waals surface area contributed by atoms with Gasteiger partial charge in [-0.05, 0) is 37.1 Å². The summed E-state index contributed by atoms with van der Waals surface area (Å²) in [6.45, 7) is 0. The zero-order valence-electron chi connectivity index (χ0n) is 8.85. The molecule has 1 aliphatic rings. The molecule has 0 radical (unpaired) electrons. The van der Waals surface area contributed by atoms with Gasteiger partial charge in [0.2, 0.25) is 5.92 Å². The van der Waals surface area contributed by atoms with E-state index in [0.717, 1.165) is 5.69 Å². The van der Waals surface area contributed by atoms with E-state index in [0.29, 0.717) is 12.8 Å². The minimum atomic E-state index is -2.50. The molecular formula is C12H14F3N. The van der Waals surface area contributed by atoms with Crippen molar-refractivity contribution in [2.75, 3.05) is 5.32 Å². The molecule has 0 saturated heterocycles. The maximum atomic E-state index is 12.9. The molecule has 0 aromatic heterocycles. The van der Waals surface area contributed by atoms with Crippen molar-refractivity contribution < 1.29 is 13.2 Å². The molecule has 4 heteroatoms. The molecule has 0 aliphatic heterocycles. The van der Waals surface area contributed by atoms with Gasteiger partial charge in [-0.3, -0.25) is 0 Å². The standard InChI is InChI=1S/C12H14F3N/c13-9-1-3-10(4-2-9)16-11-5-7-12(14,15)8-6-11/h1-4,11,16H,5-8H2. The SMILES string of the molecule is Fc1ccc(NC2CCC(F)(F)CC2)cc1. The first-order valence-electron chi connectivity index (χ1n) is 5.45. The fraction of sp³-hybridized carbons (Fsp3) is 0.500.